The smallest absolute Gasteiger partial charge is 0.104 e. The van der Waals surface area contributed by atoms with Gasteiger partial charge in [-0.25, -0.2) is 0 Å². The van der Waals surface area contributed by atoms with Crippen LogP contribution in [0.15, 0.2) is 48.5 Å². The maximum Gasteiger partial charge on any atom is 0.104 e. The molecule has 2 bridgehead atoms. The molecular formula is C17H17NO2. The van der Waals surface area contributed by atoms with Crippen molar-refractivity contribution in [3.63, 3.8) is 0 Å². The molecule has 0 saturated carbocycles. The molecule has 0 aromatic heterocycles. The van der Waals surface area contributed by atoms with Crippen molar-refractivity contribution >= 4 is 0 Å². The predicted octanol–water partition coefficient (Wildman–Crippen LogP) is 1.48. The molecule has 3 atom stereocenters. The molecule has 2 aliphatic rings. The lowest BCUT2D eigenvalue weighted by Crippen LogP contribution is -2.53. The summed E-state index contributed by atoms with van der Waals surface area (Å²) in [5.41, 5.74) is 3.99. The molecule has 102 valence electrons. The number of benzene rings is 2. The summed E-state index contributed by atoms with van der Waals surface area (Å²) in [4.78, 5) is 0. The molecule has 3 N–H and O–H groups in total. The first kappa shape index (κ1) is 12.1. The topological polar surface area (TPSA) is 52.5 Å². The van der Waals surface area contributed by atoms with E-state index >= 15 is 0 Å². The minimum Gasteiger partial charge on any atom is -0.394 e. The minimum atomic E-state index is -0.852. The van der Waals surface area contributed by atoms with E-state index in [9.17, 15) is 10.2 Å². The van der Waals surface area contributed by atoms with Gasteiger partial charge >= 0.3 is 0 Å². The van der Waals surface area contributed by atoms with Crippen molar-refractivity contribution in [1.82, 2.24) is 5.32 Å². The van der Waals surface area contributed by atoms with Gasteiger partial charge in [-0.15, -0.1) is 0 Å². The zero-order valence-corrected chi connectivity index (χ0v) is 11.1. The van der Waals surface area contributed by atoms with Crippen molar-refractivity contribution in [1.29, 1.82) is 0 Å². The van der Waals surface area contributed by atoms with E-state index in [1.807, 2.05) is 24.3 Å². The van der Waals surface area contributed by atoms with Crippen LogP contribution in [0.3, 0.4) is 0 Å². The molecule has 0 radical (unpaired) electrons. The van der Waals surface area contributed by atoms with E-state index in [4.69, 9.17) is 0 Å². The minimum absolute atomic E-state index is 0.210. The Morgan fingerprint density at radius 1 is 1.10 bits per heavy atom. The van der Waals surface area contributed by atoms with Crippen LogP contribution in [0.4, 0.5) is 0 Å². The van der Waals surface area contributed by atoms with Gasteiger partial charge in [-0.05, 0) is 28.7 Å². The molecule has 0 saturated heterocycles. The van der Waals surface area contributed by atoms with Crippen LogP contribution >= 0.6 is 0 Å². The molecule has 20 heavy (non-hydrogen) atoms. The van der Waals surface area contributed by atoms with E-state index in [0.29, 0.717) is 0 Å². The molecule has 0 spiro atoms. The summed E-state index contributed by atoms with van der Waals surface area (Å²) in [5, 5.41) is 23.7. The Labute approximate surface area is 117 Å². The molecule has 2 aromatic rings. The van der Waals surface area contributed by atoms with E-state index < -0.39 is 11.6 Å². The third kappa shape index (κ3) is 1.35. The standard InChI is InChI=1S/C17H17NO2/c19-10-16(20)17-13-7-3-1-5-11(13)9-15(18-17)12-6-2-4-8-14(12)17/h1-8,15-16,18-20H,9-10H2/t15?,16?,17-/m0/s1. The second kappa shape index (κ2) is 4.16. The zero-order valence-electron chi connectivity index (χ0n) is 11.1. The molecule has 0 fully saturated rings. The van der Waals surface area contributed by atoms with Crippen LogP contribution in [0, 0.1) is 0 Å². The molecule has 0 amide bonds. The van der Waals surface area contributed by atoms with Gasteiger partial charge in [-0.2, -0.15) is 0 Å². The van der Waals surface area contributed by atoms with Gasteiger partial charge in [0.05, 0.1) is 12.1 Å². The van der Waals surface area contributed by atoms with Crippen molar-refractivity contribution < 1.29 is 10.2 Å². The van der Waals surface area contributed by atoms with E-state index in [1.54, 1.807) is 0 Å². The summed E-state index contributed by atoms with van der Waals surface area (Å²) in [6, 6.07) is 16.6. The second-order valence-corrected chi connectivity index (χ2v) is 5.65. The van der Waals surface area contributed by atoms with Crippen LogP contribution in [0.5, 0.6) is 0 Å². The fourth-order valence-corrected chi connectivity index (χ4v) is 3.87. The summed E-state index contributed by atoms with van der Waals surface area (Å²) < 4.78 is 0. The third-order valence-electron chi connectivity index (χ3n) is 4.70. The summed E-state index contributed by atoms with van der Waals surface area (Å²) in [6.45, 7) is -0.262. The molecule has 0 aliphatic carbocycles. The lowest BCUT2D eigenvalue weighted by atomic mass is 9.77. The SMILES string of the molecule is OCC(O)[C@]12NC(Cc3ccccc31)c1ccccc12. The van der Waals surface area contributed by atoms with Crippen molar-refractivity contribution in [2.45, 2.75) is 24.1 Å². The quantitative estimate of drug-likeness (QED) is 0.772. The highest BCUT2D eigenvalue weighted by Gasteiger charge is 2.52. The van der Waals surface area contributed by atoms with Gasteiger partial charge in [-0.1, -0.05) is 48.5 Å². The lowest BCUT2D eigenvalue weighted by molar-refractivity contribution is 0.0264. The van der Waals surface area contributed by atoms with Crippen LogP contribution in [0.2, 0.25) is 0 Å². The van der Waals surface area contributed by atoms with Crippen molar-refractivity contribution in [2.75, 3.05) is 6.61 Å². The first-order valence-electron chi connectivity index (χ1n) is 7.02. The maximum absolute atomic E-state index is 10.5. The third-order valence-corrected chi connectivity index (χ3v) is 4.70. The molecule has 3 nitrogen and oxygen atoms in total. The monoisotopic (exact) mass is 267 g/mol. The number of rotatable bonds is 2. The number of nitrogens with one attached hydrogen (secondary N) is 1. The van der Waals surface area contributed by atoms with E-state index in [2.05, 4.69) is 29.6 Å². The van der Waals surface area contributed by atoms with Gasteiger partial charge in [0.15, 0.2) is 0 Å². The zero-order chi connectivity index (χ0) is 13.7. The van der Waals surface area contributed by atoms with Crippen LogP contribution in [-0.4, -0.2) is 22.9 Å². The second-order valence-electron chi connectivity index (χ2n) is 5.65. The molecule has 2 unspecified atom stereocenters. The number of hydrogen-bond acceptors (Lipinski definition) is 3. The van der Waals surface area contributed by atoms with Gasteiger partial charge in [0.1, 0.15) is 6.10 Å². The van der Waals surface area contributed by atoms with E-state index in [-0.39, 0.29) is 12.6 Å². The van der Waals surface area contributed by atoms with Gasteiger partial charge in [0, 0.05) is 6.04 Å². The summed E-state index contributed by atoms with van der Waals surface area (Å²) >= 11 is 0. The normalized spacial score (nSPS) is 27.8. The first-order valence-corrected chi connectivity index (χ1v) is 7.02. The molecule has 2 aliphatic heterocycles. The van der Waals surface area contributed by atoms with Crippen LogP contribution in [-0.2, 0) is 12.0 Å². The average molecular weight is 267 g/mol. The van der Waals surface area contributed by atoms with Crippen molar-refractivity contribution in [2.24, 2.45) is 0 Å². The van der Waals surface area contributed by atoms with Gasteiger partial charge in [-0.3, -0.25) is 5.32 Å². The van der Waals surface area contributed by atoms with Crippen molar-refractivity contribution in [3.8, 4) is 0 Å². The fourth-order valence-electron chi connectivity index (χ4n) is 3.87. The summed E-state index contributed by atoms with van der Waals surface area (Å²) in [7, 11) is 0. The Morgan fingerprint density at radius 2 is 1.80 bits per heavy atom. The first-order chi connectivity index (χ1) is 9.77. The highest BCUT2D eigenvalue weighted by Crippen LogP contribution is 2.50. The highest BCUT2D eigenvalue weighted by atomic mass is 16.3. The Bertz CT molecular complexity index is 657. The van der Waals surface area contributed by atoms with Crippen LogP contribution in [0.25, 0.3) is 0 Å². The molecule has 3 heteroatoms. The Morgan fingerprint density at radius 3 is 2.60 bits per heavy atom. The number of aliphatic hydroxyl groups excluding tert-OH is 2. The summed E-state index contributed by atoms with van der Waals surface area (Å²) in [6.07, 6.45) is 0.0719. The number of fused-ring (bicyclic) bond motifs is 7. The number of aliphatic hydroxyl groups is 2. The average Bonchev–Trinajstić information content (AvgIpc) is 2.78. The maximum atomic E-state index is 10.5. The van der Waals surface area contributed by atoms with E-state index in [0.717, 1.165) is 17.5 Å². The van der Waals surface area contributed by atoms with Crippen LogP contribution in [0.1, 0.15) is 28.3 Å². The highest BCUT2D eigenvalue weighted by molar-refractivity contribution is 5.56. The Kier molecular flexibility index (Phi) is 2.51. The Balaban J connectivity index is 2.04. The molecular weight excluding hydrogens is 250 g/mol. The van der Waals surface area contributed by atoms with Crippen molar-refractivity contribution in [3.05, 3.63) is 70.8 Å². The molecule has 4 rings (SSSR count). The van der Waals surface area contributed by atoms with Crippen LogP contribution < -0.4 is 5.32 Å². The summed E-state index contributed by atoms with van der Waals surface area (Å²) in [5.74, 6) is 0. The largest absolute Gasteiger partial charge is 0.394 e. The number of hydrogen-bond donors (Lipinski definition) is 3. The molecule has 2 aromatic carbocycles. The Hall–Kier alpha value is -1.68. The fraction of sp³-hybridized carbons (Fsp3) is 0.294. The van der Waals surface area contributed by atoms with Gasteiger partial charge < -0.3 is 10.2 Å². The van der Waals surface area contributed by atoms with Gasteiger partial charge in [0.25, 0.3) is 0 Å². The lowest BCUT2D eigenvalue weighted by Gasteiger charge is -2.40. The van der Waals surface area contributed by atoms with Gasteiger partial charge in [0.2, 0.25) is 0 Å². The van der Waals surface area contributed by atoms with E-state index in [1.165, 1.54) is 11.1 Å². The predicted molar refractivity (Wildman–Crippen MR) is 76.3 cm³/mol. The molecule has 2 heterocycles.